The number of nitrogens with two attached hydrogens (primary N) is 1. The zero-order valence-corrected chi connectivity index (χ0v) is 9.99. The molecule has 2 nitrogen and oxygen atoms in total. The van der Waals surface area contributed by atoms with Crippen LogP contribution in [0.4, 0.5) is 0 Å². The van der Waals surface area contributed by atoms with E-state index in [1.165, 1.54) is 0 Å². The van der Waals surface area contributed by atoms with E-state index in [-0.39, 0.29) is 18.5 Å². The van der Waals surface area contributed by atoms with Crippen LogP contribution in [0.25, 0.3) is 0 Å². The Hall–Kier alpha value is 0.01000. The maximum absolute atomic E-state index is 5.96. The van der Waals surface area contributed by atoms with E-state index in [9.17, 15) is 0 Å². The van der Waals surface area contributed by atoms with Crippen LogP contribution >= 0.6 is 35.6 Å². The largest absolute Gasteiger partial charge is 0.375 e. The van der Waals surface area contributed by atoms with Crippen molar-refractivity contribution in [2.75, 3.05) is 13.7 Å². The van der Waals surface area contributed by atoms with Gasteiger partial charge in [0.25, 0.3) is 0 Å². The lowest BCUT2D eigenvalue weighted by Crippen LogP contribution is -2.15. The Bertz CT molecular complexity index is 269. The van der Waals surface area contributed by atoms with E-state index in [1.54, 1.807) is 25.3 Å². The van der Waals surface area contributed by atoms with Gasteiger partial charge in [0.2, 0.25) is 0 Å². The lowest BCUT2D eigenvalue weighted by atomic mass is 10.1. The van der Waals surface area contributed by atoms with Gasteiger partial charge >= 0.3 is 0 Å². The topological polar surface area (TPSA) is 35.2 Å². The minimum atomic E-state index is -0.235. The summed E-state index contributed by atoms with van der Waals surface area (Å²) in [5, 5.41) is 1.18. The summed E-state index contributed by atoms with van der Waals surface area (Å²) < 4.78 is 5.15. The molecule has 0 spiro atoms. The monoisotopic (exact) mass is 255 g/mol. The minimum Gasteiger partial charge on any atom is -0.375 e. The Balaban J connectivity index is 0.00000169. The van der Waals surface area contributed by atoms with Crippen molar-refractivity contribution in [3.05, 3.63) is 33.8 Å². The molecule has 0 bridgehead atoms. The molecule has 1 aromatic carbocycles. The van der Waals surface area contributed by atoms with Crippen LogP contribution in [0.5, 0.6) is 0 Å². The fraction of sp³-hybridized carbons (Fsp3) is 0.333. The second-order valence-electron chi connectivity index (χ2n) is 2.60. The molecule has 1 atom stereocenters. The first-order valence-electron chi connectivity index (χ1n) is 3.87. The quantitative estimate of drug-likeness (QED) is 0.902. The van der Waals surface area contributed by atoms with Gasteiger partial charge in [0.1, 0.15) is 0 Å². The van der Waals surface area contributed by atoms with Gasteiger partial charge in [0.15, 0.2) is 0 Å². The Morgan fingerprint density at radius 2 is 1.86 bits per heavy atom. The average molecular weight is 257 g/mol. The third-order valence-electron chi connectivity index (χ3n) is 1.82. The summed E-state index contributed by atoms with van der Waals surface area (Å²) in [6, 6.07) is 5.33. The van der Waals surface area contributed by atoms with Gasteiger partial charge in [-0.15, -0.1) is 12.4 Å². The third-order valence-corrected chi connectivity index (χ3v) is 2.48. The number of rotatable bonds is 3. The highest BCUT2D eigenvalue weighted by Gasteiger charge is 2.15. The molecule has 0 aliphatic carbocycles. The van der Waals surface area contributed by atoms with Crippen LogP contribution in [0.3, 0.4) is 0 Å². The summed E-state index contributed by atoms with van der Waals surface area (Å²) in [4.78, 5) is 0. The first-order valence-corrected chi connectivity index (χ1v) is 4.63. The van der Waals surface area contributed by atoms with Gasteiger partial charge in [-0.05, 0) is 12.1 Å². The highest BCUT2D eigenvalue weighted by molar-refractivity contribution is 6.36. The van der Waals surface area contributed by atoms with E-state index in [1.807, 2.05) is 0 Å². The predicted molar refractivity (Wildman–Crippen MR) is 62.5 cm³/mol. The van der Waals surface area contributed by atoms with Gasteiger partial charge in [-0.25, -0.2) is 0 Å². The second-order valence-corrected chi connectivity index (χ2v) is 3.41. The fourth-order valence-electron chi connectivity index (χ4n) is 1.15. The molecule has 0 radical (unpaired) electrons. The van der Waals surface area contributed by atoms with Crippen LogP contribution in [0.15, 0.2) is 18.2 Å². The van der Waals surface area contributed by atoms with Crippen molar-refractivity contribution in [3.8, 4) is 0 Å². The number of ether oxygens (including phenoxy) is 1. The fourth-order valence-corrected chi connectivity index (χ4v) is 1.79. The molecule has 0 saturated heterocycles. The first-order chi connectivity index (χ1) is 6.20. The molecule has 2 N–H and O–H groups in total. The molecule has 1 rings (SSSR count). The molecule has 0 fully saturated rings. The predicted octanol–water partition coefficient (Wildman–Crippen LogP) is 3.06. The SMILES string of the molecule is COC(CN)c1c(Cl)cccc1Cl.Cl. The van der Waals surface area contributed by atoms with Crippen molar-refractivity contribution < 1.29 is 4.74 Å². The van der Waals surface area contributed by atoms with Crippen LogP contribution in [0.2, 0.25) is 10.0 Å². The standard InChI is InChI=1S/C9H11Cl2NO.ClH/c1-13-8(5-12)9-6(10)3-2-4-7(9)11;/h2-4,8H,5,12H2,1H3;1H. The molecule has 80 valence electrons. The van der Waals surface area contributed by atoms with Crippen LogP contribution in [-0.4, -0.2) is 13.7 Å². The van der Waals surface area contributed by atoms with E-state index < -0.39 is 0 Å². The van der Waals surface area contributed by atoms with Crippen LogP contribution in [-0.2, 0) is 4.74 Å². The number of methoxy groups -OCH3 is 1. The lowest BCUT2D eigenvalue weighted by Gasteiger charge is -2.16. The molecule has 1 aromatic rings. The van der Waals surface area contributed by atoms with Crippen LogP contribution in [0, 0.1) is 0 Å². The molecule has 14 heavy (non-hydrogen) atoms. The van der Waals surface area contributed by atoms with Gasteiger partial charge in [-0.2, -0.15) is 0 Å². The van der Waals surface area contributed by atoms with Crippen molar-refractivity contribution in [1.29, 1.82) is 0 Å². The Labute approximate surface area is 99.7 Å². The molecule has 0 amide bonds. The summed E-state index contributed by atoms with van der Waals surface area (Å²) >= 11 is 11.9. The number of hydrogen-bond donors (Lipinski definition) is 1. The molecule has 0 aliphatic rings. The Kier molecular flexibility index (Phi) is 6.49. The van der Waals surface area contributed by atoms with Gasteiger partial charge in [-0.1, -0.05) is 29.3 Å². The van der Waals surface area contributed by atoms with Gasteiger partial charge in [-0.3, -0.25) is 0 Å². The van der Waals surface area contributed by atoms with E-state index in [4.69, 9.17) is 33.7 Å². The zero-order valence-electron chi connectivity index (χ0n) is 7.67. The van der Waals surface area contributed by atoms with E-state index in [0.717, 1.165) is 5.56 Å². The smallest absolute Gasteiger partial charge is 0.0972 e. The summed E-state index contributed by atoms with van der Waals surface area (Å²) in [6.45, 7) is 0.361. The Morgan fingerprint density at radius 1 is 1.36 bits per heavy atom. The normalized spacial score (nSPS) is 12.0. The maximum Gasteiger partial charge on any atom is 0.0972 e. The summed E-state index contributed by atoms with van der Waals surface area (Å²) in [5.74, 6) is 0. The van der Waals surface area contributed by atoms with E-state index >= 15 is 0 Å². The van der Waals surface area contributed by atoms with Crippen molar-refractivity contribution >= 4 is 35.6 Å². The van der Waals surface area contributed by atoms with E-state index in [2.05, 4.69) is 0 Å². The summed E-state index contributed by atoms with van der Waals surface area (Å²) in [6.07, 6.45) is -0.235. The molecule has 0 aliphatic heterocycles. The number of benzene rings is 1. The maximum atomic E-state index is 5.96. The molecule has 0 aromatic heterocycles. The van der Waals surface area contributed by atoms with Crippen LogP contribution in [0.1, 0.15) is 11.7 Å². The number of halogens is 3. The van der Waals surface area contributed by atoms with E-state index in [0.29, 0.717) is 16.6 Å². The lowest BCUT2D eigenvalue weighted by molar-refractivity contribution is 0.110. The van der Waals surface area contributed by atoms with Gasteiger partial charge < -0.3 is 10.5 Å². The Morgan fingerprint density at radius 3 is 2.21 bits per heavy atom. The molecule has 0 heterocycles. The van der Waals surface area contributed by atoms with Crippen molar-refractivity contribution in [1.82, 2.24) is 0 Å². The van der Waals surface area contributed by atoms with Crippen molar-refractivity contribution in [3.63, 3.8) is 0 Å². The second kappa shape index (κ2) is 6.49. The molecule has 5 heteroatoms. The zero-order chi connectivity index (χ0) is 9.84. The van der Waals surface area contributed by atoms with Crippen molar-refractivity contribution in [2.24, 2.45) is 5.73 Å². The minimum absolute atomic E-state index is 0. The first kappa shape index (κ1) is 14.0. The van der Waals surface area contributed by atoms with Crippen molar-refractivity contribution in [2.45, 2.75) is 6.10 Å². The average Bonchev–Trinajstić information content (AvgIpc) is 2.11. The van der Waals surface area contributed by atoms with Crippen LogP contribution < -0.4 is 5.73 Å². The molecule has 0 saturated carbocycles. The summed E-state index contributed by atoms with van der Waals surface area (Å²) in [7, 11) is 1.58. The summed E-state index contributed by atoms with van der Waals surface area (Å²) in [5.41, 5.74) is 6.27. The highest BCUT2D eigenvalue weighted by atomic mass is 35.5. The molecular weight excluding hydrogens is 244 g/mol. The third kappa shape index (κ3) is 3.01. The number of hydrogen-bond acceptors (Lipinski definition) is 2. The highest BCUT2D eigenvalue weighted by Crippen LogP contribution is 2.31. The van der Waals surface area contributed by atoms with Gasteiger partial charge in [0.05, 0.1) is 6.10 Å². The molecule has 1 unspecified atom stereocenters. The molecular formula is C9H12Cl3NO. The van der Waals surface area contributed by atoms with Gasteiger partial charge in [0, 0.05) is 29.3 Å².